The lowest BCUT2D eigenvalue weighted by Gasteiger charge is -2.28. The van der Waals surface area contributed by atoms with Crippen LogP contribution >= 0.6 is 11.6 Å². The third kappa shape index (κ3) is 3.89. The Labute approximate surface area is 157 Å². The number of halogens is 1. The number of carbonyl (C=O) groups is 2. The predicted octanol–water partition coefficient (Wildman–Crippen LogP) is 4.17. The quantitative estimate of drug-likeness (QED) is 0.757. The Morgan fingerprint density at radius 2 is 1.77 bits per heavy atom. The number of urea groups is 1. The SMILES string of the molecule is CCc1ccc([C@H]2NC(=O)NC(C)=C2C(=O)Nc2ccc(Cl)cc2)cc1. The van der Waals surface area contributed by atoms with Gasteiger partial charge < -0.3 is 16.0 Å². The van der Waals surface area contributed by atoms with E-state index in [1.807, 2.05) is 24.3 Å². The van der Waals surface area contributed by atoms with Crippen molar-refractivity contribution in [2.45, 2.75) is 26.3 Å². The van der Waals surface area contributed by atoms with Gasteiger partial charge in [-0.05, 0) is 48.7 Å². The first-order valence-corrected chi connectivity index (χ1v) is 8.79. The van der Waals surface area contributed by atoms with Crippen molar-refractivity contribution in [2.75, 3.05) is 5.32 Å². The highest BCUT2D eigenvalue weighted by molar-refractivity contribution is 6.30. The van der Waals surface area contributed by atoms with Crippen molar-refractivity contribution in [3.63, 3.8) is 0 Å². The van der Waals surface area contributed by atoms with Crippen LogP contribution in [0.2, 0.25) is 5.02 Å². The maximum Gasteiger partial charge on any atom is 0.319 e. The van der Waals surface area contributed by atoms with E-state index in [0.717, 1.165) is 12.0 Å². The molecule has 1 heterocycles. The molecule has 0 radical (unpaired) electrons. The highest BCUT2D eigenvalue weighted by atomic mass is 35.5. The Morgan fingerprint density at radius 3 is 2.38 bits per heavy atom. The van der Waals surface area contributed by atoms with Crippen LogP contribution in [0.15, 0.2) is 59.8 Å². The number of benzene rings is 2. The number of allylic oxidation sites excluding steroid dienone is 1. The summed E-state index contributed by atoms with van der Waals surface area (Å²) in [6, 6.07) is 13.9. The van der Waals surface area contributed by atoms with Gasteiger partial charge in [0.15, 0.2) is 0 Å². The van der Waals surface area contributed by atoms with Crippen LogP contribution in [-0.4, -0.2) is 11.9 Å². The molecule has 0 unspecified atom stereocenters. The summed E-state index contributed by atoms with van der Waals surface area (Å²) in [7, 11) is 0. The summed E-state index contributed by atoms with van der Waals surface area (Å²) in [5.41, 5.74) is 3.70. The summed E-state index contributed by atoms with van der Waals surface area (Å²) in [6.45, 7) is 3.80. The van der Waals surface area contributed by atoms with Gasteiger partial charge in [0.25, 0.3) is 5.91 Å². The highest BCUT2D eigenvalue weighted by Gasteiger charge is 2.31. The van der Waals surface area contributed by atoms with Gasteiger partial charge in [-0.25, -0.2) is 4.79 Å². The summed E-state index contributed by atoms with van der Waals surface area (Å²) >= 11 is 5.88. The Hall–Kier alpha value is -2.79. The van der Waals surface area contributed by atoms with Gasteiger partial charge >= 0.3 is 6.03 Å². The van der Waals surface area contributed by atoms with E-state index in [1.165, 1.54) is 5.56 Å². The fraction of sp³-hybridized carbons (Fsp3) is 0.200. The van der Waals surface area contributed by atoms with Crippen molar-refractivity contribution >= 4 is 29.2 Å². The van der Waals surface area contributed by atoms with E-state index in [9.17, 15) is 9.59 Å². The zero-order chi connectivity index (χ0) is 18.7. The number of nitrogens with one attached hydrogen (secondary N) is 3. The van der Waals surface area contributed by atoms with E-state index in [0.29, 0.717) is 22.0 Å². The van der Waals surface area contributed by atoms with Gasteiger partial charge in [0.1, 0.15) is 0 Å². The number of aryl methyl sites for hydroxylation is 1. The van der Waals surface area contributed by atoms with Crippen LogP contribution < -0.4 is 16.0 Å². The molecule has 0 saturated carbocycles. The molecule has 134 valence electrons. The third-order valence-corrected chi connectivity index (χ3v) is 4.59. The molecule has 3 amide bonds. The van der Waals surface area contributed by atoms with Crippen molar-refractivity contribution in [3.8, 4) is 0 Å². The molecule has 3 rings (SSSR count). The normalized spacial score (nSPS) is 16.7. The molecule has 0 saturated heterocycles. The number of carbonyl (C=O) groups excluding carboxylic acids is 2. The van der Waals surface area contributed by atoms with Crippen LogP contribution in [0.25, 0.3) is 0 Å². The van der Waals surface area contributed by atoms with Gasteiger partial charge in [0.2, 0.25) is 0 Å². The molecule has 3 N–H and O–H groups in total. The molecule has 1 aliphatic heterocycles. The summed E-state index contributed by atoms with van der Waals surface area (Å²) in [6.07, 6.45) is 0.928. The largest absolute Gasteiger partial charge is 0.327 e. The van der Waals surface area contributed by atoms with Crippen molar-refractivity contribution in [2.24, 2.45) is 0 Å². The predicted molar refractivity (Wildman–Crippen MR) is 103 cm³/mol. The monoisotopic (exact) mass is 369 g/mol. The Kier molecular flexibility index (Phi) is 5.28. The van der Waals surface area contributed by atoms with E-state index < -0.39 is 6.04 Å². The molecule has 2 aromatic rings. The average Bonchev–Trinajstić information content (AvgIpc) is 2.63. The molecule has 1 atom stereocenters. The molecule has 0 aliphatic carbocycles. The maximum atomic E-state index is 12.9. The van der Waals surface area contributed by atoms with E-state index in [1.54, 1.807) is 31.2 Å². The fourth-order valence-corrected chi connectivity index (χ4v) is 3.05. The summed E-state index contributed by atoms with van der Waals surface area (Å²) < 4.78 is 0. The van der Waals surface area contributed by atoms with Gasteiger partial charge in [-0.3, -0.25) is 4.79 Å². The zero-order valence-electron chi connectivity index (χ0n) is 14.6. The number of rotatable bonds is 4. The molecule has 0 bridgehead atoms. The summed E-state index contributed by atoms with van der Waals surface area (Å²) in [4.78, 5) is 24.8. The van der Waals surface area contributed by atoms with Crippen LogP contribution in [-0.2, 0) is 11.2 Å². The van der Waals surface area contributed by atoms with Crippen LogP contribution in [0.3, 0.4) is 0 Å². The second-order valence-electron chi connectivity index (χ2n) is 6.13. The number of amides is 3. The Morgan fingerprint density at radius 1 is 1.12 bits per heavy atom. The van der Waals surface area contributed by atoms with E-state index >= 15 is 0 Å². The Bertz CT molecular complexity index is 858. The number of anilines is 1. The first-order chi connectivity index (χ1) is 12.5. The van der Waals surface area contributed by atoms with E-state index in [-0.39, 0.29) is 11.9 Å². The standard InChI is InChI=1S/C20H20ClN3O2/c1-3-13-4-6-14(7-5-13)18-17(12(2)22-20(26)24-18)19(25)23-16-10-8-15(21)9-11-16/h4-11,18H,3H2,1-2H3,(H,23,25)(H2,22,24,26)/t18-/m1/s1. The highest BCUT2D eigenvalue weighted by Crippen LogP contribution is 2.28. The van der Waals surface area contributed by atoms with Crippen LogP contribution in [0, 0.1) is 0 Å². The van der Waals surface area contributed by atoms with Crippen molar-refractivity contribution in [1.82, 2.24) is 10.6 Å². The van der Waals surface area contributed by atoms with Gasteiger partial charge in [0.05, 0.1) is 11.6 Å². The minimum Gasteiger partial charge on any atom is -0.327 e. The first kappa shape index (κ1) is 18.0. The first-order valence-electron chi connectivity index (χ1n) is 8.42. The lowest BCUT2D eigenvalue weighted by molar-refractivity contribution is -0.113. The molecular weight excluding hydrogens is 350 g/mol. The smallest absolute Gasteiger partial charge is 0.319 e. The Balaban J connectivity index is 1.91. The topological polar surface area (TPSA) is 70.2 Å². The third-order valence-electron chi connectivity index (χ3n) is 4.34. The number of hydrogen-bond donors (Lipinski definition) is 3. The maximum absolute atomic E-state index is 12.9. The molecule has 6 heteroatoms. The van der Waals surface area contributed by atoms with Gasteiger partial charge in [-0.1, -0.05) is 42.8 Å². The molecular formula is C20H20ClN3O2. The van der Waals surface area contributed by atoms with Gasteiger partial charge in [-0.2, -0.15) is 0 Å². The van der Waals surface area contributed by atoms with Gasteiger partial charge in [0, 0.05) is 16.4 Å². The van der Waals surface area contributed by atoms with Crippen LogP contribution in [0.4, 0.5) is 10.5 Å². The average molecular weight is 370 g/mol. The molecule has 0 fully saturated rings. The van der Waals surface area contributed by atoms with Crippen LogP contribution in [0.5, 0.6) is 0 Å². The molecule has 2 aromatic carbocycles. The second-order valence-corrected chi connectivity index (χ2v) is 6.56. The van der Waals surface area contributed by atoms with E-state index in [2.05, 4.69) is 22.9 Å². The molecule has 1 aliphatic rings. The van der Waals surface area contributed by atoms with Crippen molar-refractivity contribution < 1.29 is 9.59 Å². The number of hydrogen-bond acceptors (Lipinski definition) is 2. The molecule has 0 spiro atoms. The lowest BCUT2D eigenvalue weighted by Crippen LogP contribution is -2.45. The minimum atomic E-state index is -0.512. The van der Waals surface area contributed by atoms with Crippen molar-refractivity contribution in [3.05, 3.63) is 76.0 Å². The van der Waals surface area contributed by atoms with E-state index in [4.69, 9.17) is 11.6 Å². The lowest BCUT2D eigenvalue weighted by atomic mass is 9.94. The fourth-order valence-electron chi connectivity index (χ4n) is 2.92. The molecule has 0 aromatic heterocycles. The van der Waals surface area contributed by atoms with Gasteiger partial charge in [-0.15, -0.1) is 0 Å². The summed E-state index contributed by atoms with van der Waals surface area (Å²) in [5.74, 6) is -0.276. The molecule has 26 heavy (non-hydrogen) atoms. The zero-order valence-corrected chi connectivity index (χ0v) is 15.4. The minimum absolute atomic E-state index is 0.276. The van der Waals surface area contributed by atoms with Crippen LogP contribution in [0.1, 0.15) is 31.0 Å². The summed E-state index contributed by atoms with van der Waals surface area (Å²) in [5, 5.41) is 8.97. The molecule has 5 nitrogen and oxygen atoms in total. The second kappa shape index (κ2) is 7.62. The van der Waals surface area contributed by atoms with Crippen molar-refractivity contribution in [1.29, 1.82) is 0 Å².